The van der Waals surface area contributed by atoms with E-state index in [1.807, 2.05) is 19.2 Å². The number of thiophene rings is 1. The van der Waals surface area contributed by atoms with Crippen molar-refractivity contribution in [2.75, 3.05) is 17.7 Å². The molecule has 84 valence electrons. The third-order valence-electron chi connectivity index (χ3n) is 2.69. The zero-order valence-corrected chi connectivity index (χ0v) is 10.2. The molecule has 0 fully saturated rings. The highest BCUT2D eigenvalue weighted by atomic mass is 32.1. The molecule has 0 aromatic carbocycles. The van der Waals surface area contributed by atoms with Gasteiger partial charge in [-0.05, 0) is 30.5 Å². The van der Waals surface area contributed by atoms with E-state index >= 15 is 0 Å². The van der Waals surface area contributed by atoms with Crippen LogP contribution >= 0.6 is 11.3 Å². The smallest absolute Gasteiger partial charge is 0.152 e. The molecule has 0 aliphatic heterocycles. The molecule has 16 heavy (non-hydrogen) atoms. The zero-order chi connectivity index (χ0) is 11.5. The highest BCUT2D eigenvalue weighted by molar-refractivity contribution is 7.10. The fourth-order valence-electron chi connectivity index (χ4n) is 1.61. The van der Waals surface area contributed by atoms with Gasteiger partial charge in [0.25, 0.3) is 0 Å². The van der Waals surface area contributed by atoms with Gasteiger partial charge in [-0.3, -0.25) is 0 Å². The minimum atomic E-state index is 0.289. The van der Waals surface area contributed by atoms with Crippen LogP contribution < -0.4 is 10.6 Å². The largest absolute Gasteiger partial charge is 0.396 e. The van der Waals surface area contributed by atoms with Gasteiger partial charge in [0.15, 0.2) is 5.82 Å². The molecular formula is C12H15N3S. The normalized spacial score (nSPS) is 12.4. The van der Waals surface area contributed by atoms with Crippen LogP contribution in [0.25, 0.3) is 0 Å². The average molecular weight is 233 g/mol. The maximum atomic E-state index is 5.91. The molecule has 1 unspecified atom stereocenters. The van der Waals surface area contributed by atoms with E-state index in [2.05, 4.69) is 34.3 Å². The predicted octanol–water partition coefficient (Wildman–Crippen LogP) is 2.92. The van der Waals surface area contributed by atoms with Crippen molar-refractivity contribution >= 4 is 22.8 Å². The van der Waals surface area contributed by atoms with Gasteiger partial charge in [-0.15, -0.1) is 11.3 Å². The lowest BCUT2D eigenvalue weighted by Gasteiger charge is -2.26. The fourth-order valence-corrected chi connectivity index (χ4v) is 2.43. The molecule has 4 heteroatoms. The van der Waals surface area contributed by atoms with Crippen molar-refractivity contribution in [3.05, 3.63) is 40.7 Å². The number of rotatable bonds is 3. The van der Waals surface area contributed by atoms with Gasteiger partial charge in [0, 0.05) is 18.1 Å². The zero-order valence-electron chi connectivity index (χ0n) is 9.42. The summed E-state index contributed by atoms with van der Waals surface area (Å²) in [6.45, 7) is 2.15. The van der Waals surface area contributed by atoms with Gasteiger partial charge in [-0.25, -0.2) is 4.98 Å². The van der Waals surface area contributed by atoms with Gasteiger partial charge in [0.05, 0.1) is 11.7 Å². The van der Waals surface area contributed by atoms with Gasteiger partial charge in [-0.1, -0.05) is 6.07 Å². The lowest BCUT2D eigenvalue weighted by atomic mass is 10.2. The molecule has 0 saturated carbocycles. The second kappa shape index (κ2) is 4.53. The monoisotopic (exact) mass is 233 g/mol. The molecular weight excluding hydrogens is 218 g/mol. The molecule has 0 aliphatic carbocycles. The Labute approximate surface area is 99.5 Å². The topological polar surface area (TPSA) is 42.2 Å². The van der Waals surface area contributed by atoms with E-state index in [0.29, 0.717) is 5.69 Å². The van der Waals surface area contributed by atoms with Gasteiger partial charge in [0.2, 0.25) is 0 Å². The summed E-state index contributed by atoms with van der Waals surface area (Å²) in [5.41, 5.74) is 6.63. The molecule has 3 nitrogen and oxygen atoms in total. The van der Waals surface area contributed by atoms with Crippen molar-refractivity contribution in [2.24, 2.45) is 0 Å². The first-order chi connectivity index (χ1) is 7.70. The highest BCUT2D eigenvalue weighted by Crippen LogP contribution is 2.29. The SMILES string of the molecule is CC(c1cccs1)N(C)c1ncccc1N. The van der Waals surface area contributed by atoms with Gasteiger partial charge < -0.3 is 10.6 Å². The van der Waals surface area contributed by atoms with E-state index < -0.39 is 0 Å². The van der Waals surface area contributed by atoms with Crippen LogP contribution in [0.1, 0.15) is 17.8 Å². The van der Waals surface area contributed by atoms with Crippen LogP contribution in [0.15, 0.2) is 35.8 Å². The highest BCUT2D eigenvalue weighted by Gasteiger charge is 2.15. The fraction of sp³-hybridized carbons (Fsp3) is 0.250. The summed E-state index contributed by atoms with van der Waals surface area (Å²) in [6, 6.07) is 8.21. The average Bonchev–Trinajstić information content (AvgIpc) is 2.81. The van der Waals surface area contributed by atoms with Crippen molar-refractivity contribution in [3.8, 4) is 0 Å². The first kappa shape index (κ1) is 11.0. The first-order valence-corrected chi connectivity index (χ1v) is 6.05. The quantitative estimate of drug-likeness (QED) is 0.886. The van der Waals surface area contributed by atoms with E-state index in [9.17, 15) is 0 Å². The summed E-state index contributed by atoms with van der Waals surface area (Å²) in [5, 5.41) is 2.08. The Balaban J connectivity index is 2.26. The standard InChI is InChI=1S/C12H15N3S/c1-9(11-6-4-8-16-11)15(2)12-10(13)5-3-7-14-12/h3-9H,13H2,1-2H3. The van der Waals surface area contributed by atoms with Crippen LogP contribution in [0.4, 0.5) is 11.5 Å². The van der Waals surface area contributed by atoms with E-state index in [1.165, 1.54) is 4.88 Å². The van der Waals surface area contributed by atoms with E-state index in [-0.39, 0.29) is 6.04 Å². The Morgan fingerprint density at radius 2 is 2.19 bits per heavy atom. The number of hydrogen-bond donors (Lipinski definition) is 1. The molecule has 2 aromatic heterocycles. The maximum Gasteiger partial charge on any atom is 0.152 e. The summed E-state index contributed by atoms with van der Waals surface area (Å²) < 4.78 is 0. The van der Waals surface area contributed by atoms with Crippen molar-refractivity contribution < 1.29 is 0 Å². The Morgan fingerprint density at radius 1 is 1.38 bits per heavy atom. The summed E-state index contributed by atoms with van der Waals surface area (Å²) in [7, 11) is 2.02. The number of aromatic nitrogens is 1. The van der Waals surface area contributed by atoms with Crippen molar-refractivity contribution in [3.63, 3.8) is 0 Å². The second-order valence-electron chi connectivity index (χ2n) is 3.72. The molecule has 2 heterocycles. The Hall–Kier alpha value is -1.55. The number of hydrogen-bond acceptors (Lipinski definition) is 4. The Bertz CT molecular complexity index is 453. The number of pyridine rings is 1. The molecule has 0 saturated heterocycles. The second-order valence-corrected chi connectivity index (χ2v) is 4.70. The van der Waals surface area contributed by atoms with E-state index in [0.717, 1.165) is 5.82 Å². The number of nitrogens with zero attached hydrogens (tertiary/aromatic N) is 2. The summed E-state index contributed by atoms with van der Waals surface area (Å²) in [6.07, 6.45) is 1.77. The maximum absolute atomic E-state index is 5.91. The van der Waals surface area contributed by atoms with E-state index in [4.69, 9.17) is 5.73 Å². The van der Waals surface area contributed by atoms with Gasteiger partial charge >= 0.3 is 0 Å². The molecule has 1 atom stereocenters. The van der Waals surface area contributed by atoms with Crippen LogP contribution in [0.5, 0.6) is 0 Å². The minimum Gasteiger partial charge on any atom is -0.396 e. The Kier molecular flexibility index (Phi) is 3.10. The first-order valence-electron chi connectivity index (χ1n) is 5.17. The van der Waals surface area contributed by atoms with Crippen molar-refractivity contribution in [2.45, 2.75) is 13.0 Å². The van der Waals surface area contributed by atoms with Gasteiger partial charge in [0.1, 0.15) is 0 Å². The number of nitrogen functional groups attached to an aromatic ring is 1. The van der Waals surface area contributed by atoms with Crippen LogP contribution in [-0.2, 0) is 0 Å². The van der Waals surface area contributed by atoms with Crippen LogP contribution in [0.3, 0.4) is 0 Å². The number of anilines is 2. The molecule has 0 amide bonds. The molecule has 0 aliphatic rings. The third-order valence-corrected chi connectivity index (χ3v) is 3.73. The summed E-state index contributed by atoms with van der Waals surface area (Å²) >= 11 is 1.75. The lowest BCUT2D eigenvalue weighted by Crippen LogP contribution is -2.22. The van der Waals surface area contributed by atoms with E-state index in [1.54, 1.807) is 17.5 Å². The predicted molar refractivity (Wildman–Crippen MR) is 69.8 cm³/mol. The molecule has 2 rings (SSSR count). The molecule has 0 radical (unpaired) electrons. The summed E-state index contributed by atoms with van der Waals surface area (Å²) in [5.74, 6) is 0.836. The minimum absolute atomic E-state index is 0.289. The molecule has 2 N–H and O–H groups in total. The number of nitrogens with two attached hydrogens (primary N) is 1. The summed E-state index contributed by atoms with van der Waals surface area (Å²) in [4.78, 5) is 7.73. The Morgan fingerprint density at radius 3 is 2.81 bits per heavy atom. The van der Waals surface area contributed by atoms with Crippen LogP contribution in [0.2, 0.25) is 0 Å². The van der Waals surface area contributed by atoms with Crippen LogP contribution in [0, 0.1) is 0 Å². The van der Waals surface area contributed by atoms with Crippen molar-refractivity contribution in [1.82, 2.24) is 4.98 Å². The lowest BCUT2D eigenvalue weighted by molar-refractivity contribution is 0.743. The molecule has 0 bridgehead atoms. The third kappa shape index (κ3) is 2.02. The van der Waals surface area contributed by atoms with Crippen molar-refractivity contribution in [1.29, 1.82) is 0 Å². The van der Waals surface area contributed by atoms with Gasteiger partial charge in [-0.2, -0.15) is 0 Å². The molecule has 0 spiro atoms. The molecule has 2 aromatic rings. The van der Waals surface area contributed by atoms with Crippen LogP contribution in [-0.4, -0.2) is 12.0 Å².